The highest BCUT2D eigenvalue weighted by Crippen LogP contribution is 2.35. The standard InChI is InChI=1S/C12H9F3N6O/c13-12(14,15)9-2-1-3-10(8(9)6-22)17-5-7(4-16)11-18-20-21-19-11/h1-3,5,17,22H,6H2,(H,18,19,20,21). The molecule has 0 fully saturated rings. The highest BCUT2D eigenvalue weighted by Gasteiger charge is 2.33. The largest absolute Gasteiger partial charge is 0.416 e. The Morgan fingerprint density at radius 3 is 2.77 bits per heavy atom. The highest BCUT2D eigenvalue weighted by molar-refractivity contribution is 5.74. The van der Waals surface area contributed by atoms with Gasteiger partial charge in [0.2, 0.25) is 5.82 Å². The van der Waals surface area contributed by atoms with Crippen LogP contribution in [0.15, 0.2) is 24.4 Å². The van der Waals surface area contributed by atoms with Crippen LogP contribution in [0.4, 0.5) is 18.9 Å². The maximum atomic E-state index is 12.9. The van der Waals surface area contributed by atoms with Crippen molar-refractivity contribution in [3.05, 3.63) is 41.4 Å². The van der Waals surface area contributed by atoms with Gasteiger partial charge in [-0.1, -0.05) is 6.07 Å². The monoisotopic (exact) mass is 310 g/mol. The molecule has 0 aliphatic heterocycles. The molecule has 2 aromatic rings. The zero-order valence-electron chi connectivity index (χ0n) is 10.9. The van der Waals surface area contributed by atoms with E-state index in [1.54, 1.807) is 6.07 Å². The molecule has 0 aliphatic rings. The van der Waals surface area contributed by atoms with Crippen molar-refractivity contribution in [3.8, 4) is 6.07 Å². The number of rotatable bonds is 4. The lowest BCUT2D eigenvalue weighted by Gasteiger charge is -2.15. The maximum absolute atomic E-state index is 12.9. The summed E-state index contributed by atoms with van der Waals surface area (Å²) in [7, 11) is 0. The molecule has 0 spiro atoms. The van der Waals surface area contributed by atoms with Crippen LogP contribution in [0, 0.1) is 11.3 Å². The van der Waals surface area contributed by atoms with Crippen LogP contribution >= 0.6 is 0 Å². The molecule has 1 aromatic heterocycles. The summed E-state index contributed by atoms with van der Waals surface area (Å²) in [5.41, 5.74) is -1.29. The molecule has 0 atom stereocenters. The van der Waals surface area contributed by atoms with E-state index in [-0.39, 0.29) is 22.6 Å². The zero-order valence-corrected chi connectivity index (χ0v) is 10.9. The Labute approximate surface area is 122 Å². The molecule has 0 saturated heterocycles. The van der Waals surface area contributed by atoms with Gasteiger partial charge in [-0.15, -0.1) is 10.2 Å². The number of hydrogen-bond acceptors (Lipinski definition) is 6. The zero-order chi connectivity index (χ0) is 16.2. The molecule has 0 saturated carbocycles. The molecule has 0 unspecified atom stereocenters. The van der Waals surface area contributed by atoms with E-state index >= 15 is 0 Å². The topological polar surface area (TPSA) is 111 Å². The van der Waals surface area contributed by atoms with E-state index < -0.39 is 18.3 Å². The molecule has 3 N–H and O–H groups in total. The number of H-pyrrole nitrogens is 1. The van der Waals surface area contributed by atoms with Crippen LogP contribution in [0.3, 0.4) is 0 Å². The number of alkyl halides is 3. The third kappa shape index (κ3) is 3.21. The number of aliphatic hydroxyl groups is 1. The Kier molecular flexibility index (Phi) is 4.38. The van der Waals surface area contributed by atoms with Crippen LogP contribution in [0.2, 0.25) is 0 Å². The van der Waals surface area contributed by atoms with Crippen molar-refractivity contribution in [3.63, 3.8) is 0 Å². The smallest absolute Gasteiger partial charge is 0.392 e. The average Bonchev–Trinajstić information content (AvgIpc) is 3.01. The number of nitriles is 1. The summed E-state index contributed by atoms with van der Waals surface area (Å²) < 4.78 is 38.6. The van der Waals surface area contributed by atoms with Gasteiger partial charge in [-0.2, -0.15) is 23.6 Å². The van der Waals surface area contributed by atoms with Crippen molar-refractivity contribution in [1.82, 2.24) is 20.6 Å². The molecule has 0 aliphatic carbocycles. The SMILES string of the molecule is N#CC(=CNc1cccc(C(F)(F)F)c1CO)c1nn[nH]n1. The van der Waals surface area contributed by atoms with Crippen LogP contribution < -0.4 is 5.32 Å². The minimum absolute atomic E-state index is 0.00692. The highest BCUT2D eigenvalue weighted by atomic mass is 19.4. The lowest BCUT2D eigenvalue weighted by molar-refractivity contribution is -0.138. The molecule has 10 heteroatoms. The molecular weight excluding hydrogens is 301 g/mol. The number of aromatic nitrogens is 4. The number of allylic oxidation sites excluding steroid dienone is 1. The second kappa shape index (κ2) is 6.23. The van der Waals surface area contributed by atoms with Crippen LogP contribution in [-0.4, -0.2) is 25.7 Å². The fourth-order valence-corrected chi connectivity index (χ4v) is 1.73. The van der Waals surface area contributed by atoms with Gasteiger partial charge in [0.05, 0.1) is 12.2 Å². The molecule has 0 radical (unpaired) electrons. The van der Waals surface area contributed by atoms with E-state index in [2.05, 4.69) is 25.9 Å². The van der Waals surface area contributed by atoms with Gasteiger partial charge < -0.3 is 10.4 Å². The molecule has 114 valence electrons. The van der Waals surface area contributed by atoms with Gasteiger partial charge in [0, 0.05) is 17.5 Å². The lowest BCUT2D eigenvalue weighted by Crippen LogP contribution is -2.11. The van der Waals surface area contributed by atoms with E-state index in [1.807, 2.05) is 0 Å². The Morgan fingerprint density at radius 1 is 1.45 bits per heavy atom. The number of tetrazole rings is 1. The number of benzene rings is 1. The summed E-state index contributed by atoms with van der Waals surface area (Å²) in [5.74, 6) is -0.00692. The normalized spacial score (nSPS) is 12.0. The van der Waals surface area contributed by atoms with E-state index in [0.717, 1.165) is 12.3 Å². The van der Waals surface area contributed by atoms with Crippen molar-refractivity contribution >= 4 is 11.3 Å². The lowest BCUT2D eigenvalue weighted by atomic mass is 10.1. The van der Waals surface area contributed by atoms with Crippen molar-refractivity contribution in [2.45, 2.75) is 12.8 Å². The molecule has 2 rings (SSSR count). The van der Waals surface area contributed by atoms with Crippen molar-refractivity contribution in [1.29, 1.82) is 5.26 Å². The summed E-state index contributed by atoms with van der Waals surface area (Å²) in [6.07, 6.45) is -3.45. The van der Waals surface area contributed by atoms with Gasteiger partial charge in [-0.25, -0.2) is 0 Å². The number of aliphatic hydroxyl groups excluding tert-OH is 1. The first-order valence-corrected chi connectivity index (χ1v) is 5.88. The minimum Gasteiger partial charge on any atom is -0.392 e. The number of aromatic amines is 1. The fraction of sp³-hybridized carbons (Fsp3) is 0.167. The number of nitrogens with one attached hydrogen (secondary N) is 2. The molecule has 1 heterocycles. The third-order valence-corrected chi connectivity index (χ3v) is 2.72. The van der Waals surface area contributed by atoms with Gasteiger partial charge in [0.1, 0.15) is 11.6 Å². The average molecular weight is 310 g/mol. The molecule has 7 nitrogen and oxygen atoms in total. The molecule has 0 bridgehead atoms. The predicted molar refractivity (Wildman–Crippen MR) is 68.8 cm³/mol. The fourth-order valence-electron chi connectivity index (χ4n) is 1.73. The van der Waals surface area contributed by atoms with Crippen LogP contribution in [0.1, 0.15) is 17.0 Å². The second-order valence-corrected chi connectivity index (χ2v) is 4.04. The second-order valence-electron chi connectivity index (χ2n) is 4.04. The van der Waals surface area contributed by atoms with Gasteiger partial charge in [0.25, 0.3) is 0 Å². The maximum Gasteiger partial charge on any atom is 0.416 e. The van der Waals surface area contributed by atoms with Crippen LogP contribution in [0.5, 0.6) is 0 Å². The van der Waals surface area contributed by atoms with E-state index in [0.29, 0.717) is 0 Å². The number of halogens is 3. The summed E-state index contributed by atoms with van der Waals surface area (Å²) in [4.78, 5) is 0. The first kappa shape index (κ1) is 15.5. The number of hydrogen-bond donors (Lipinski definition) is 3. The molecule has 22 heavy (non-hydrogen) atoms. The van der Waals surface area contributed by atoms with E-state index in [1.165, 1.54) is 12.1 Å². The Hall–Kier alpha value is -2.93. The molecule has 1 aromatic carbocycles. The predicted octanol–water partition coefficient (Wildman–Crippen LogP) is 1.69. The first-order valence-electron chi connectivity index (χ1n) is 5.88. The van der Waals surface area contributed by atoms with E-state index in [9.17, 15) is 18.3 Å². The van der Waals surface area contributed by atoms with Gasteiger partial charge in [-0.3, -0.25) is 0 Å². The number of nitrogens with zero attached hydrogens (tertiary/aromatic N) is 4. The Bertz CT molecular complexity index is 717. The molecule has 0 amide bonds. The summed E-state index contributed by atoms with van der Waals surface area (Å²) in [6.45, 7) is -0.810. The summed E-state index contributed by atoms with van der Waals surface area (Å²) in [5, 5.41) is 33.4. The number of anilines is 1. The van der Waals surface area contributed by atoms with Crippen molar-refractivity contribution in [2.24, 2.45) is 0 Å². The van der Waals surface area contributed by atoms with Crippen molar-refractivity contribution in [2.75, 3.05) is 5.32 Å². The summed E-state index contributed by atoms with van der Waals surface area (Å²) >= 11 is 0. The minimum atomic E-state index is -4.59. The quantitative estimate of drug-likeness (QED) is 0.741. The third-order valence-electron chi connectivity index (χ3n) is 2.72. The van der Waals surface area contributed by atoms with Crippen LogP contribution in [0.25, 0.3) is 5.57 Å². The summed E-state index contributed by atoms with van der Waals surface area (Å²) in [6, 6.07) is 5.19. The van der Waals surface area contributed by atoms with Gasteiger partial charge in [-0.05, 0) is 17.3 Å². The first-order chi connectivity index (χ1) is 10.5. The van der Waals surface area contributed by atoms with Gasteiger partial charge >= 0.3 is 6.18 Å². The van der Waals surface area contributed by atoms with Crippen molar-refractivity contribution < 1.29 is 18.3 Å². The van der Waals surface area contributed by atoms with Crippen LogP contribution in [-0.2, 0) is 12.8 Å². The Morgan fingerprint density at radius 2 is 2.23 bits per heavy atom. The molecular formula is C12H9F3N6O. The van der Waals surface area contributed by atoms with Gasteiger partial charge in [0.15, 0.2) is 0 Å². The van der Waals surface area contributed by atoms with E-state index in [4.69, 9.17) is 5.26 Å². The Balaban J connectivity index is 2.36.